The second-order valence-electron chi connectivity index (χ2n) is 6.47. The monoisotopic (exact) mass is 375 g/mol. The molecule has 6 heteroatoms. The van der Waals surface area contributed by atoms with Gasteiger partial charge in [-0.05, 0) is 48.7 Å². The standard InChI is InChI=1S/C22H21N3O3/c1-4-5-17(11-21(26)27)16-6-8-20(9-7-16)28-13-19-10-18(15(2)3)12-25-22(19)23-14-24-25/h6-10,12,14,17H,2,11,13H2,1,3H3,(H,26,27). The zero-order valence-corrected chi connectivity index (χ0v) is 15.8. The van der Waals surface area contributed by atoms with Crippen molar-refractivity contribution in [2.24, 2.45) is 0 Å². The first kappa shape index (κ1) is 19.2. The molecule has 1 aromatic carbocycles. The lowest BCUT2D eigenvalue weighted by Crippen LogP contribution is -2.05. The van der Waals surface area contributed by atoms with Crippen LogP contribution in [0.15, 0.2) is 49.4 Å². The van der Waals surface area contributed by atoms with Crippen molar-refractivity contribution >= 4 is 17.2 Å². The molecule has 0 spiro atoms. The van der Waals surface area contributed by atoms with Crippen LogP contribution in [-0.4, -0.2) is 25.7 Å². The second-order valence-corrected chi connectivity index (χ2v) is 6.47. The number of rotatable bonds is 7. The first-order valence-electron chi connectivity index (χ1n) is 8.83. The quantitative estimate of drug-likeness (QED) is 0.633. The lowest BCUT2D eigenvalue weighted by Gasteiger charge is -2.12. The highest BCUT2D eigenvalue weighted by atomic mass is 16.5. The molecule has 0 saturated carbocycles. The van der Waals surface area contributed by atoms with E-state index in [0.717, 1.165) is 27.9 Å². The molecular formula is C22H21N3O3. The smallest absolute Gasteiger partial charge is 0.304 e. The van der Waals surface area contributed by atoms with Gasteiger partial charge in [0.05, 0.1) is 12.3 Å². The number of hydrogen-bond donors (Lipinski definition) is 1. The van der Waals surface area contributed by atoms with Crippen molar-refractivity contribution in [3.05, 3.63) is 66.1 Å². The molecule has 0 fully saturated rings. The highest BCUT2D eigenvalue weighted by Gasteiger charge is 2.13. The maximum Gasteiger partial charge on any atom is 0.304 e. The van der Waals surface area contributed by atoms with Gasteiger partial charge < -0.3 is 9.84 Å². The molecule has 142 valence electrons. The Labute approximate surface area is 163 Å². The van der Waals surface area contributed by atoms with Crippen LogP contribution in [-0.2, 0) is 11.4 Å². The fraction of sp³-hybridized carbons (Fsp3) is 0.227. The van der Waals surface area contributed by atoms with E-state index >= 15 is 0 Å². The summed E-state index contributed by atoms with van der Waals surface area (Å²) in [6.07, 6.45) is 3.37. The van der Waals surface area contributed by atoms with Gasteiger partial charge in [0.1, 0.15) is 18.7 Å². The van der Waals surface area contributed by atoms with Gasteiger partial charge in [-0.3, -0.25) is 4.79 Å². The van der Waals surface area contributed by atoms with E-state index in [9.17, 15) is 4.79 Å². The van der Waals surface area contributed by atoms with Crippen LogP contribution in [0, 0.1) is 11.8 Å². The van der Waals surface area contributed by atoms with Crippen LogP contribution in [0.1, 0.15) is 42.9 Å². The molecule has 3 rings (SSSR count). The molecule has 0 saturated heterocycles. The number of pyridine rings is 1. The number of aliphatic carboxylic acids is 1. The number of fused-ring (bicyclic) bond motifs is 1. The molecule has 2 heterocycles. The summed E-state index contributed by atoms with van der Waals surface area (Å²) in [5.41, 5.74) is 4.41. The predicted molar refractivity (Wildman–Crippen MR) is 107 cm³/mol. The van der Waals surface area contributed by atoms with E-state index < -0.39 is 5.97 Å². The fourth-order valence-electron chi connectivity index (χ4n) is 2.89. The van der Waals surface area contributed by atoms with E-state index in [0.29, 0.717) is 12.4 Å². The Hall–Kier alpha value is -3.59. The van der Waals surface area contributed by atoms with Crippen LogP contribution in [0.5, 0.6) is 5.75 Å². The summed E-state index contributed by atoms with van der Waals surface area (Å²) in [5.74, 6) is 5.21. The van der Waals surface area contributed by atoms with Crippen molar-refractivity contribution in [2.45, 2.75) is 32.8 Å². The highest BCUT2D eigenvalue weighted by Crippen LogP contribution is 2.24. The first-order chi connectivity index (χ1) is 13.5. The zero-order valence-electron chi connectivity index (χ0n) is 15.8. The van der Waals surface area contributed by atoms with Crippen LogP contribution in [0.4, 0.5) is 0 Å². The Balaban J connectivity index is 1.77. The topological polar surface area (TPSA) is 76.7 Å². The Bertz CT molecular complexity index is 1070. The average Bonchev–Trinajstić information content (AvgIpc) is 3.14. The third kappa shape index (κ3) is 4.38. The maximum absolute atomic E-state index is 11.0. The van der Waals surface area contributed by atoms with E-state index in [4.69, 9.17) is 9.84 Å². The molecule has 0 amide bonds. The van der Waals surface area contributed by atoms with Crippen LogP contribution >= 0.6 is 0 Å². The summed E-state index contributed by atoms with van der Waals surface area (Å²) in [4.78, 5) is 15.3. The second kappa shape index (κ2) is 8.40. The SMILES string of the molecule is C=C(C)c1cc(COc2ccc(C(C#CC)CC(=O)O)cc2)c2ncnn2c1. The normalized spacial score (nSPS) is 11.5. The average molecular weight is 375 g/mol. The molecule has 0 aliphatic rings. The molecule has 3 aromatic rings. The molecular weight excluding hydrogens is 354 g/mol. The van der Waals surface area contributed by atoms with Crippen molar-refractivity contribution < 1.29 is 14.6 Å². The number of carboxylic acids is 1. The van der Waals surface area contributed by atoms with E-state index in [1.54, 1.807) is 11.4 Å². The van der Waals surface area contributed by atoms with Gasteiger partial charge in [-0.1, -0.05) is 24.6 Å². The van der Waals surface area contributed by atoms with Crippen LogP contribution in [0.25, 0.3) is 11.2 Å². The van der Waals surface area contributed by atoms with E-state index in [-0.39, 0.29) is 12.3 Å². The number of hydrogen-bond acceptors (Lipinski definition) is 4. The number of aromatic nitrogens is 3. The van der Waals surface area contributed by atoms with Crippen molar-refractivity contribution in [3.8, 4) is 17.6 Å². The lowest BCUT2D eigenvalue weighted by molar-refractivity contribution is -0.137. The van der Waals surface area contributed by atoms with Gasteiger partial charge in [0.2, 0.25) is 0 Å². The number of allylic oxidation sites excluding steroid dienone is 1. The fourth-order valence-corrected chi connectivity index (χ4v) is 2.89. The summed E-state index contributed by atoms with van der Waals surface area (Å²) in [5, 5.41) is 13.3. The molecule has 0 bridgehead atoms. The van der Waals surface area contributed by atoms with Crippen molar-refractivity contribution in [2.75, 3.05) is 0 Å². The van der Waals surface area contributed by atoms with Gasteiger partial charge in [0, 0.05) is 11.8 Å². The molecule has 0 aliphatic carbocycles. The number of carboxylic acid groups (broad SMARTS) is 1. The minimum absolute atomic E-state index is 0.0282. The molecule has 1 atom stereocenters. The molecule has 2 aromatic heterocycles. The van der Waals surface area contributed by atoms with E-state index in [2.05, 4.69) is 28.5 Å². The minimum Gasteiger partial charge on any atom is -0.489 e. The van der Waals surface area contributed by atoms with Crippen LogP contribution in [0.3, 0.4) is 0 Å². The maximum atomic E-state index is 11.0. The van der Waals surface area contributed by atoms with Crippen LogP contribution in [0.2, 0.25) is 0 Å². The van der Waals surface area contributed by atoms with E-state index in [1.165, 1.54) is 6.33 Å². The minimum atomic E-state index is -0.872. The molecule has 1 unspecified atom stereocenters. The highest BCUT2D eigenvalue weighted by molar-refractivity contribution is 5.69. The Morgan fingerprint density at radius 3 is 2.75 bits per heavy atom. The third-order valence-electron chi connectivity index (χ3n) is 4.32. The Morgan fingerprint density at radius 2 is 2.11 bits per heavy atom. The number of nitrogens with zero attached hydrogens (tertiary/aromatic N) is 3. The molecule has 6 nitrogen and oxygen atoms in total. The first-order valence-corrected chi connectivity index (χ1v) is 8.83. The lowest BCUT2D eigenvalue weighted by atomic mass is 9.96. The van der Waals surface area contributed by atoms with Gasteiger partial charge in [0.15, 0.2) is 5.65 Å². The van der Waals surface area contributed by atoms with Gasteiger partial charge in [-0.25, -0.2) is 9.50 Å². The van der Waals surface area contributed by atoms with Gasteiger partial charge >= 0.3 is 5.97 Å². The third-order valence-corrected chi connectivity index (χ3v) is 4.32. The summed E-state index contributed by atoms with van der Waals surface area (Å²) in [6, 6.07) is 9.35. The Kier molecular flexibility index (Phi) is 5.75. The van der Waals surface area contributed by atoms with Gasteiger partial charge in [-0.2, -0.15) is 5.10 Å². The number of benzene rings is 1. The van der Waals surface area contributed by atoms with Gasteiger partial charge in [-0.15, -0.1) is 5.92 Å². The Morgan fingerprint density at radius 1 is 1.36 bits per heavy atom. The van der Waals surface area contributed by atoms with E-state index in [1.807, 2.05) is 43.5 Å². The van der Waals surface area contributed by atoms with Crippen molar-refractivity contribution in [3.63, 3.8) is 0 Å². The molecule has 0 radical (unpaired) electrons. The van der Waals surface area contributed by atoms with Crippen molar-refractivity contribution in [1.82, 2.24) is 14.6 Å². The molecule has 28 heavy (non-hydrogen) atoms. The zero-order chi connectivity index (χ0) is 20.1. The molecule has 1 N–H and O–H groups in total. The predicted octanol–water partition coefficient (Wildman–Crippen LogP) is 3.92. The number of carbonyl (C=O) groups is 1. The summed E-state index contributed by atoms with van der Waals surface area (Å²) in [6.45, 7) is 7.96. The van der Waals surface area contributed by atoms with Gasteiger partial charge in [0.25, 0.3) is 0 Å². The molecule has 0 aliphatic heterocycles. The van der Waals surface area contributed by atoms with Crippen molar-refractivity contribution in [1.29, 1.82) is 0 Å². The summed E-state index contributed by atoms with van der Waals surface area (Å²) >= 11 is 0. The largest absolute Gasteiger partial charge is 0.489 e. The summed E-state index contributed by atoms with van der Waals surface area (Å²) in [7, 11) is 0. The summed E-state index contributed by atoms with van der Waals surface area (Å²) < 4.78 is 7.63. The van der Waals surface area contributed by atoms with Crippen LogP contribution < -0.4 is 4.74 Å². The number of ether oxygens (including phenoxy) is 1.